The van der Waals surface area contributed by atoms with Crippen LogP contribution in [0.5, 0.6) is 5.75 Å². The highest BCUT2D eigenvalue weighted by Crippen LogP contribution is 2.38. The molecule has 186 valence electrons. The van der Waals surface area contributed by atoms with E-state index in [2.05, 4.69) is 4.98 Å². The number of nitrogens with zero attached hydrogens (tertiary/aromatic N) is 3. The molecule has 0 spiro atoms. The molecule has 9 nitrogen and oxygen atoms in total. The molecule has 0 saturated carbocycles. The van der Waals surface area contributed by atoms with Gasteiger partial charge in [-0.2, -0.15) is 5.10 Å². The monoisotopic (exact) mass is 503 g/mol. The van der Waals surface area contributed by atoms with Crippen LogP contribution in [0.1, 0.15) is 36.7 Å². The third-order valence-electron chi connectivity index (χ3n) is 6.33. The highest BCUT2D eigenvalue weighted by Gasteiger charge is 2.45. The molecule has 35 heavy (non-hydrogen) atoms. The number of fused-ring (bicyclic) bond motifs is 1. The van der Waals surface area contributed by atoms with Crippen LogP contribution in [0.3, 0.4) is 0 Å². The van der Waals surface area contributed by atoms with Gasteiger partial charge in [-0.05, 0) is 18.2 Å². The van der Waals surface area contributed by atoms with Crippen LogP contribution >= 0.6 is 0 Å². The van der Waals surface area contributed by atoms with E-state index in [-0.39, 0.29) is 36.9 Å². The highest BCUT2D eigenvalue weighted by molar-refractivity contribution is 7.92. The molecular weight excluding hydrogens is 477 g/mol. The van der Waals surface area contributed by atoms with E-state index in [0.717, 1.165) is 0 Å². The maximum atomic E-state index is 13.4. The molecule has 5 rings (SSSR count). The summed E-state index contributed by atoms with van der Waals surface area (Å²) in [6, 6.07) is 8.00. The maximum absolute atomic E-state index is 13.4. The predicted octanol–water partition coefficient (Wildman–Crippen LogP) is 2.73. The average Bonchev–Trinajstić information content (AvgIpc) is 3.34. The van der Waals surface area contributed by atoms with Crippen molar-refractivity contribution in [1.29, 1.82) is 0 Å². The summed E-state index contributed by atoms with van der Waals surface area (Å²) < 4.78 is 48.9. The number of rotatable bonds is 7. The second-order valence-corrected chi connectivity index (χ2v) is 11.8. The Morgan fingerprint density at radius 3 is 2.77 bits per heavy atom. The van der Waals surface area contributed by atoms with Gasteiger partial charge in [-0.15, -0.1) is 0 Å². The number of carbonyl (C=O) groups is 1. The van der Waals surface area contributed by atoms with Gasteiger partial charge in [0.1, 0.15) is 29.1 Å². The van der Waals surface area contributed by atoms with Gasteiger partial charge >= 0.3 is 0 Å². The molecule has 11 heteroatoms. The Bertz CT molecular complexity index is 1390. The fourth-order valence-electron chi connectivity index (χ4n) is 4.90. The average molecular weight is 504 g/mol. The van der Waals surface area contributed by atoms with E-state index >= 15 is 0 Å². The molecule has 1 aromatic carbocycles. The normalized spacial score (nSPS) is 23.7. The molecule has 2 aliphatic heterocycles. The number of hydrogen-bond acceptors (Lipinski definition) is 8. The van der Waals surface area contributed by atoms with Gasteiger partial charge < -0.3 is 14.6 Å². The molecule has 2 saturated heterocycles. The summed E-state index contributed by atoms with van der Waals surface area (Å²) in [6.45, 7) is 3.49. The van der Waals surface area contributed by atoms with Crippen molar-refractivity contribution >= 4 is 26.7 Å². The van der Waals surface area contributed by atoms with E-state index in [1.165, 1.54) is 13.1 Å². The smallest absolute Gasteiger partial charge is 0.235 e. The summed E-state index contributed by atoms with van der Waals surface area (Å²) in [6.07, 6.45) is -0.713. The van der Waals surface area contributed by atoms with Crippen molar-refractivity contribution in [3.05, 3.63) is 42.1 Å². The predicted molar refractivity (Wildman–Crippen MR) is 126 cm³/mol. The van der Waals surface area contributed by atoms with Crippen molar-refractivity contribution in [3.8, 4) is 17.0 Å². The molecule has 4 heterocycles. The lowest BCUT2D eigenvalue weighted by Gasteiger charge is -2.37. The molecule has 2 aromatic heterocycles. The lowest BCUT2D eigenvalue weighted by atomic mass is 9.86. The Hall–Kier alpha value is -2.89. The van der Waals surface area contributed by atoms with Crippen LogP contribution in [0.25, 0.3) is 22.3 Å². The van der Waals surface area contributed by atoms with E-state index in [1.54, 1.807) is 41.9 Å². The molecule has 1 N–H and O–H groups in total. The van der Waals surface area contributed by atoms with Crippen molar-refractivity contribution in [3.63, 3.8) is 0 Å². The van der Waals surface area contributed by atoms with E-state index < -0.39 is 33.8 Å². The molecule has 2 aliphatic rings. The van der Waals surface area contributed by atoms with Gasteiger partial charge in [-0.3, -0.25) is 14.5 Å². The third-order valence-corrected chi connectivity index (χ3v) is 8.61. The summed E-state index contributed by atoms with van der Waals surface area (Å²) >= 11 is 0. The number of carbonyl (C=O) groups excluding carboxylic acids is 1. The van der Waals surface area contributed by atoms with Gasteiger partial charge in [0.2, 0.25) is 6.36 Å². The first-order chi connectivity index (χ1) is 16.5. The molecular formula is C24H26FN3O6S. The quantitative estimate of drug-likeness (QED) is 0.489. The number of Topliss-reactive ketones (excluding diaryl/α,β-unsaturated/α-hetero) is 1. The maximum Gasteiger partial charge on any atom is 0.235 e. The number of sulfone groups is 1. The van der Waals surface area contributed by atoms with E-state index in [1.807, 2.05) is 0 Å². The van der Waals surface area contributed by atoms with Crippen LogP contribution in [-0.2, 0) is 14.6 Å². The number of ether oxygens (including phenoxy) is 2. The SMILES string of the molecule is CC(F)Oc1cccc(-c2nn([C@@H]3COC[C@H]3O)c3cc(C(=O)CC4(C)CS(=O)(=O)C4)cnc23)c1. The number of pyridine rings is 1. The van der Waals surface area contributed by atoms with Crippen molar-refractivity contribution in [1.82, 2.24) is 14.8 Å². The van der Waals surface area contributed by atoms with Gasteiger partial charge in [-0.1, -0.05) is 19.1 Å². The minimum Gasteiger partial charge on any atom is -0.461 e. The molecule has 2 fully saturated rings. The number of ketones is 1. The fourth-order valence-corrected chi connectivity index (χ4v) is 7.14. The Morgan fingerprint density at radius 1 is 1.34 bits per heavy atom. The summed E-state index contributed by atoms with van der Waals surface area (Å²) in [5.74, 6) is 0.109. The first-order valence-corrected chi connectivity index (χ1v) is 13.1. The molecule has 0 aliphatic carbocycles. The molecule has 3 aromatic rings. The first kappa shape index (κ1) is 23.8. The van der Waals surface area contributed by atoms with Crippen LogP contribution in [0.15, 0.2) is 36.5 Å². The van der Waals surface area contributed by atoms with Gasteiger partial charge in [0, 0.05) is 36.1 Å². The first-order valence-electron chi connectivity index (χ1n) is 11.3. The highest BCUT2D eigenvalue weighted by atomic mass is 32.2. The Balaban J connectivity index is 1.55. The Morgan fingerprint density at radius 2 is 2.11 bits per heavy atom. The molecule has 3 atom stereocenters. The van der Waals surface area contributed by atoms with Crippen molar-refractivity contribution in [2.75, 3.05) is 24.7 Å². The number of benzene rings is 1. The van der Waals surface area contributed by atoms with Crippen molar-refractivity contribution in [2.24, 2.45) is 5.41 Å². The summed E-state index contributed by atoms with van der Waals surface area (Å²) in [4.78, 5) is 17.6. The molecule has 0 radical (unpaired) electrons. The zero-order valence-electron chi connectivity index (χ0n) is 19.3. The standard InChI is InChI=1S/C24H26FN3O6S/c1-14(25)34-17-5-3-4-15(6-17)22-23-18(28(27-22)19-10-33-11-21(19)30)7-16(9-26-23)20(29)8-24(2)12-35(31,32)13-24/h3-7,9,14,19,21,30H,8,10-13H2,1-2H3/t14?,19-,21-/m1/s1. The van der Waals surface area contributed by atoms with Gasteiger partial charge in [-0.25, -0.2) is 12.8 Å². The van der Waals surface area contributed by atoms with Crippen molar-refractivity contribution < 1.29 is 32.2 Å². The zero-order chi connectivity index (χ0) is 25.0. The number of aliphatic hydroxyl groups excluding tert-OH is 1. The minimum absolute atomic E-state index is 0.00892. The van der Waals surface area contributed by atoms with E-state index in [9.17, 15) is 22.7 Å². The summed E-state index contributed by atoms with van der Waals surface area (Å²) in [5, 5.41) is 15.2. The van der Waals surface area contributed by atoms with Crippen LogP contribution in [0, 0.1) is 5.41 Å². The number of alkyl halides is 1. The zero-order valence-corrected chi connectivity index (χ0v) is 20.2. The van der Waals surface area contributed by atoms with Crippen LogP contribution in [-0.4, -0.2) is 71.3 Å². The second-order valence-electron chi connectivity index (χ2n) is 9.69. The summed E-state index contributed by atoms with van der Waals surface area (Å²) in [7, 11) is -3.07. The van der Waals surface area contributed by atoms with Gasteiger partial charge in [0.15, 0.2) is 15.6 Å². The third kappa shape index (κ3) is 4.67. The fraction of sp³-hybridized carbons (Fsp3) is 0.458. The largest absolute Gasteiger partial charge is 0.461 e. The van der Waals surface area contributed by atoms with Crippen molar-refractivity contribution in [2.45, 2.75) is 38.8 Å². The lowest BCUT2D eigenvalue weighted by molar-refractivity contribution is 0.0860. The molecule has 0 bridgehead atoms. The number of hydrogen-bond donors (Lipinski definition) is 1. The molecule has 0 amide bonds. The minimum atomic E-state index is -3.07. The Kier molecular flexibility index (Phi) is 5.89. The van der Waals surface area contributed by atoms with Gasteiger partial charge in [0.05, 0.1) is 30.2 Å². The van der Waals surface area contributed by atoms with Crippen LogP contribution < -0.4 is 4.74 Å². The van der Waals surface area contributed by atoms with Crippen LogP contribution in [0.4, 0.5) is 4.39 Å². The number of aliphatic hydroxyl groups is 1. The molecule has 1 unspecified atom stereocenters. The van der Waals surface area contributed by atoms with Crippen LogP contribution in [0.2, 0.25) is 0 Å². The van der Waals surface area contributed by atoms with E-state index in [4.69, 9.17) is 14.6 Å². The summed E-state index contributed by atoms with van der Waals surface area (Å²) in [5.41, 5.74) is 1.93. The lowest BCUT2D eigenvalue weighted by Crippen LogP contribution is -2.47. The number of halogens is 1. The van der Waals surface area contributed by atoms with Gasteiger partial charge in [0.25, 0.3) is 0 Å². The van der Waals surface area contributed by atoms with E-state index in [0.29, 0.717) is 33.6 Å². The number of aromatic nitrogens is 3. The topological polar surface area (TPSA) is 121 Å². The second kappa shape index (κ2) is 8.65. The Labute approximate surface area is 201 Å².